The van der Waals surface area contributed by atoms with Crippen LogP contribution in [0.5, 0.6) is 0 Å². The summed E-state index contributed by atoms with van der Waals surface area (Å²) in [6.45, 7) is 2.63. The Morgan fingerprint density at radius 1 is 1.16 bits per heavy atom. The van der Waals surface area contributed by atoms with Gasteiger partial charge in [-0.2, -0.15) is 4.31 Å². The molecule has 3 rings (SSSR count). The van der Waals surface area contributed by atoms with Gasteiger partial charge in [-0.05, 0) is 56.2 Å². The summed E-state index contributed by atoms with van der Waals surface area (Å²) in [4.78, 5) is 0.457. The summed E-state index contributed by atoms with van der Waals surface area (Å²) in [5.41, 5.74) is 1.00. The summed E-state index contributed by atoms with van der Waals surface area (Å²) >= 11 is 0. The van der Waals surface area contributed by atoms with Gasteiger partial charge in [0.15, 0.2) is 0 Å². The van der Waals surface area contributed by atoms with Crippen molar-refractivity contribution in [2.45, 2.75) is 50.0 Å². The fourth-order valence-electron chi connectivity index (χ4n) is 3.27. The second-order valence-corrected chi connectivity index (χ2v) is 7.72. The Labute approximate surface area is 115 Å². The summed E-state index contributed by atoms with van der Waals surface area (Å²) in [7, 11) is -3.30. The zero-order valence-corrected chi connectivity index (χ0v) is 12.2. The van der Waals surface area contributed by atoms with Gasteiger partial charge in [0.05, 0.1) is 4.90 Å². The molecule has 1 aromatic carbocycles. The van der Waals surface area contributed by atoms with Gasteiger partial charge in [-0.25, -0.2) is 8.42 Å². The van der Waals surface area contributed by atoms with Crippen LogP contribution in [0.25, 0.3) is 0 Å². The molecule has 1 saturated heterocycles. The molecule has 3 nitrogen and oxygen atoms in total. The van der Waals surface area contributed by atoms with E-state index in [-0.39, 0.29) is 6.04 Å². The molecule has 0 N–H and O–H groups in total. The highest BCUT2D eigenvalue weighted by Crippen LogP contribution is 2.39. The molecule has 1 aromatic rings. The smallest absolute Gasteiger partial charge is 0.207 e. The van der Waals surface area contributed by atoms with Gasteiger partial charge in [-0.15, -0.1) is 0 Å². The van der Waals surface area contributed by atoms with Crippen molar-refractivity contribution in [3.05, 3.63) is 29.8 Å². The quantitative estimate of drug-likeness (QED) is 0.853. The number of hydrogen-bond acceptors (Lipinski definition) is 2. The number of aryl methyl sites for hydroxylation is 1. The minimum atomic E-state index is -3.30. The molecule has 1 unspecified atom stereocenters. The standard InChI is InChI=1S/C15H21NO2S/c1-12-5-2-8-14(11-12)19(17,18)16-10-4-9-15(16)13-6-3-7-13/h2,5,8,11,13,15H,3-4,6-7,9-10H2,1H3. The van der Waals surface area contributed by atoms with E-state index in [1.807, 2.05) is 19.1 Å². The summed E-state index contributed by atoms with van der Waals surface area (Å²) in [6, 6.07) is 7.52. The summed E-state index contributed by atoms with van der Waals surface area (Å²) < 4.78 is 27.3. The number of sulfonamides is 1. The van der Waals surface area contributed by atoms with Crippen molar-refractivity contribution in [1.29, 1.82) is 0 Å². The fourth-order valence-corrected chi connectivity index (χ4v) is 5.13. The van der Waals surface area contributed by atoms with Crippen LogP contribution in [0, 0.1) is 12.8 Å². The van der Waals surface area contributed by atoms with Crippen molar-refractivity contribution < 1.29 is 8.42 Å². The Bertz CT molecular complexity index is 563. The molecule has 4 heteroatoms. The topological polar surface area (TPSA) is 37.4 Å². The van der Waals surface area contributed by atoms with E-state index >= 15 is 0 Å². The highest BCUT2D eigenvalue weighted by atomic mass is 32.2. The van der Waals surface area contributed by atoms with Gasteiger partial charge < -0.3 is 0 Å². The average molecular weight is 279 g/mol. The highest BCUT2D eigenvalue weighted by molar-refractivity contribution is 7.89. The van der Waals surface area contributed by atoms with Gasteiger partial charge in [0.2, 0.25) is 10.0 Å². The predicted octanol–water partition coefficient (Wildman–Crippen LogP) is 2.95. The Balaban J connectivity index is 1.90. The third-order valence-corrected chi connectivity index (χ3v) is 6.46. The van der Waals surface area contributed by atoms with Crippen LogP contribution in [-0.2, 0) is 10.0 Å². The Hall–Kier alpha value is -0.870. The summed E-state index contributed by atoms with van der Waals surface area (Å²) in [5.74, 6) is 0.599. The van der Waals surface area contributed by atoms with Gasteiger partial charge in [0.25, 0.3) is 0 Å². The maximum atomic E-state index is 12.8. The number of hydrogen-bond donors (Lipinski definition) is 0. The van der Waals surface area contributed by atoms with Gasteiger partial charge >= 0.3 is 0 Å². The van der Waals surface area contributed by atoms with E-state index in [0.29, 0.717) is 17.4 Å². The lowest BCUT2D eigenvalue weighted by molar-refractivity contribution is 0.191. The normalized spacial score (nSPS) is 25.4. The SMILES string of the molecule is Cc1cccc(S(=O)(=O)N2CCCC2C2CCC2)c1. The maximum absolute atomic E-state index is 12.8. The molecule has 0 radical (unpaired) electrons. The molecule has 104 valence electrons. The molecule has 0 aromatic heterocycles. The van der Waals surface area contributed by atoms with E-state index in [9.17, 15) is 8.42 Å². The van der Waals surface area contributed by atoms with Crippen LogP contribution < -0.4 is 0 Å². The van der Waals surface area contributed by atoms with Crippen LogP contribution in [0.1, 0.15) is 37.7 Å². The second kappa shape index (κ2) is 4.91. The third-order valence-electron chi connectivity index (χ3n) is 4.54. The molecule has 0 spiro atoms. The zero-order valence-electron chi connectivity index (χ0n) is 11.4. The molecule has 19 heavy (non-hydrogen) atoms. The molecule has 1 aliphatic carbocycles. The Kier molecular flexibility index (Phi) is 3.39. The van der Waals surface area contributed by atoms with Crippen molar-refractivity contribution in [3.63, 3.8) is 0 Å². The lowest BCUT2D eigenvalue weighted by Gasteiger charge is -2.36. The van der Waals surface area contributed by atoms with Crippen molar-refractivity contribution in [3.8, 4) is 0 Å². The average Bonchev–Trinajstić information content (AvgIpc) is 2.76. The number of benzene rings is 1. The molecular weight excluding hydrogens is 258 g/mol. The van der Waals surface area contributed by atoms with Crippen molar-refractivity contribution in [2.24, 2.45) is 5.92 Å². The largest absolute Gasteiger partial charge is 0.243 e. The van der Waals surface area contributed by atoms with Gasteiger partial charge in [0, 0.05) is 12.6 Å². The first-order valence-electron chi connectivity index (χ1n) is 7.17. The zero-order chi connectivity index (χ0) is 13.5. The van der Waals surface area contributed by atoms with E-state index in [1.165, 1.54) is 19.3 Å². The molecule has 2 aliphatic rings. The maximum Gasteiger partial charge on any atom is 0.243 e. The molecule has 2 fully saturated rings. The third kappa shape index (κ3) is 2.32. The van der Waals surface area contributed by atoms with E-state index in [1.54, 1.807) is 16.4 Å². The first-order chi connectivity index (χ1) is 9.09. The van der Waals surface area contributed by atoms with Gasteiger partial charge in [0.1, 0.15) is 0 Å². The summed E-state index contributed by atoms with van der Waals surface area (Å²) in [5, 5.41) is 0. The van der Waals surface area contributed by atoms with Crippen LogP contribution in [0.15, 0.2) is 29.2 Å². The van der Waals surface area contributed by atoms with Gasteiger partial charge in [-0.3, -0.25) is 0 Å². The van der Waals surface area contributed by atoms with Crippen LogP contribution >= 0.6 is 0 Å². The highest BCUT2D eigenvalue weighted by Gasteiger charge is 2.41. The van der Waals surface area contributed by atoms with Gasteiger partial charge in [-0.1, -0.05) is 18.6 Å². The predicted molar refractivity (Wildman–Crippen MR) is 75.4 cm³/mol. The number of nitrogens with zero attached hydrogens (tertiary/aromatic N) is 1. The lowest BCUT2D eigenvalue weighted by Crippen LogP contribution is -2.42. The first kappa shape index (κ1) is 13.1. The molecule has 0 amide bonds. The molecule has 1 heterocycles. The monoisotopic (exact) mass is 279 g/mol. The fraction of sp³-hybridized carbons (Fsp3) is 0.600. The molecular formula is C15H21NO2S. The molecule has 1 aliphatic heterocycles. The van der Waals surface area contributed by atoms with E-state index in [4.69, 9.17) is 0 Å². The molecule has 1 saturated carbocycles. The second-order valence-electron chi connectivity index (χ2n) is 5.83. The minimum absolute atomic E-state index is 0.249. The number of rotatable bonds is 3. The molecule has 1 atom stereocenters. The van der Waals surface area contributed by atoms with Crippen LogP contribution in [-0.4, -0.2) is 25.3 Å². The Morgan fingerprint density at radius 3 is 2.58 bits per heavy atom. The Morgan fingerprint density at radius 2 is 1.95 bits per heavy atom. The van der Waals surface area contributed by atoms with Crippen LogP contribution in [0.4, 0.5) is 0 Å². The van der Waals surface area contributed by atoms with E-state index in [0.717, 1.165) is 18.4 Å². The van der Waals surface area contributed by atoms with E-state index < -0.39 is 10.0 Å². The first-order valence-corrected chi connectivity index (χ1v) is 8.61. The van der Waals surface area contributed by atoms with E-state index in [2.05, 4.69) is 0 Å². The minimum Gasteiger partial charge on any atom is -0.207 e. The summed E-state index contributed by atoms with van der Waals surface area (Å²) in [6.07, 6.45) is 5.70. The van der Waals surface area contributed by atoms with Crippen molar-refractivity contribution in [2.75, 3.05) is 6.54 Å². The van der Waals surface area contributed by atoms with Crippen molar-refractivity contribution in [1.82, 2.24) is 4.31 Å². The van der Waals surface area contributed by atoms with Crippen molar-refractivity contribution >= 4 is 10.0 Å². The van der Waals surface area contributed by atoms with Crippen LogP contribution in [0.3, 0.4) is 0 Å². The van der Waals surface area contributed by atoms with Crippen LogP contribution in [0.2, 0.25) is 0 Å². The molecule has 0 bridgehead atoms. The lowest BCUT2D eigenvalue weighted by atomic mass is 9.79.